The number of carbonyl (C=O) groups is 1. The van der Waals surface area contributed by atoms with Gasteiger partial charge in [-0.2, -0.15) is 0 Å². The highest BCUT2D eigenvalue weighted by Gasteiger charge is 2.33. The van der Waals surface area contributed by atoms with E-state index >= 15 is 0 Å². The SMILES string of the molecule is COC(=O)C(C)(C)/C(=C/Br)Sc1ccccc1. The van der Waals surface area contributed by atoms with Crippen LogP contribution in [0.1, 0.15) is 13.8 Å². The Bertz CT molecular complexity index is 413. The van der Waals surface area contributed by atoms with Gasteiger partial charge in [-0.3, -0.25) is 4.79 Å². The number of carbonyl (C=O) groups excluding carboxylic acids is 1. The molecule has 0 N–H and O–H groups in total. The van der Waals surface area contributed by atoms with Crippen LogP contribution in [-0.2, 0) is 9.53 Å². The summed E-state index contributed by atoms with van der Waals surface area (Å²) >= 11 is 4.87. The molecule has 1 aromatic carbocycles. The summed E-state index contributed by atoms with van der Waals surface area (Å²) in [6.07, 6.45) is 0. The average molecular weight is 315 g/mol. The van der Waals surface area contributed by atoms with E-state index in [1.807, 2.05) is 44.2 Å². The number of ether oxygens (including phenoxy) is 1. The summed E-state index contributed by atoms with van der Waals surface area (Å²) in [6, 6.07) is 9.93. The summed E-state index contributed by atoms with van der Waals surface area (Å²) in [5.74, 6) is -0.244. The second-order valence-electron chi connectivity index (χ2n) is 4.01. The molecule has 0 radical (unpaired) electrons. The molecule has 0 saturated carbocycles. The van der Waals surface area contributed by atoms with E-state index < -0.39 is 5.41 Å². The Kier molecular flexibility index (Phi) is 5.28. The molecule has 0 unspecified atom stereocenters. The van der Waals surface area contributed by atoms with Crippen molar-refractivity contribution in [1.29, 1.82) is 0 Å². The van der Waals surface area contributed by atoms with E-state index in [-0.39, 0.29) is 5.97 Å². The molecule has 4 heteroatoms. The Labute approximate surface area is 115 Å². The van der Waals surface area contributed by atoms with E-state index in [9.17, 15) is 4.79 Å². The molecule has 1 aromatic rings. The van der Waals surface area contributed by atoms with Gasteiger partial charge >= 0.3 is 5.97 Å². The summed E-state index contributed by atoms with van der Waals surface area (Å²) in [7, 11) is 1.41. The molecule has 0 spiro atoms. The van der Waals surface area contributed by atoms with Crippen molar-refractivity contribution < 1.29 is 9.53 Å². The van der Waals surface area contributed by atoms with Crippen LogP contribution in [0.4, 0.5) is 0 Å². The van der Waals surface area contributed by atoms with Gasteiger partial charge in [0.1, 0.15) is 0 Å². The van der Waals surface area contributed by atoms with Gasteiger partial charge in [0.15, 0.2) is 0 Å². The zero-order chi connectivity index (χ0) is 12.9. The third-order valence-electron chi connectivity index (χ3n) is 2.38. The molecule has 0 aromatic heterocycles. The highest BCUT2D eigenvalue weighted by atomic mass is 79.9. The summed E-state index contributed by atoms with van der Waals surface area (Å²) in [5.41, 5.74) is -0.654. The molecule has 0 saturated heterocycles. The van der Waals surface area contributed by atoms with Crippen molar-refractivity contribution in [3.05, 3.63) is 40.2 Å². The van der Waals surface area contributed by atoms with E-state index in [1.165, 1.54) is 7.11 Å². The highest BCUT2D eigenvalue weighted by Crippen LogP contribution is 2.40. The van der Waals surface area contributed by atoms with Crippen LogP contribution in [0.2, 0.25) is 0 Å². The van der Waals surface area contributed by atoms with Crippen LogP contribution in [0, 0.1) is 5.41 Å². The first-order valence-electron chi connectivity index (χ1n) is 5.14. The molecule has 0 aliphatic carbocycles. The Balaban J connectivity index is 2.91. The van der Waals surface area contributed by atoms with Gasteiger partial charge in [-0.25, -0.2) is 0 Å². The predicted octanol–water partition coefficient (Wildman–Crippen LogP) is 4.21. The van der Waals surface area contributed by atoms with Gasteiger partial charge in [-0.15, -0.1) is 0 Å². The summed E-state index contributed by atoms with van der Waals surface area (Å²) in [4.78, 5) is 15.5. The lowest BCUT2D eigenvalue weighted by Crippen LogP contribution is -2.26. The van der Waals surface area contributed by atoms with Gasteiger partial charge in [-0.1, -0.05) is 45.9 Å². The minimum Gasteiger partial charge on any atom is -0.468 e. The molecular formula is C13H15BrO2S. The van der Waals surface area contributed by atoms with Crippen molar-refractivity contribution in [3.63, 3.8) is 0 Å². The second-order valence-corrected chi connectivity index (χ2v) is 5.58. The van der Waals surface area contributed by atoms with E-state index in [0.717, 1.165) is 9.80 Å². The molecule has 0 heterocycles. The number of benzene rings is 1. The minimum atomic E-state index is -0.654. The van der Waals surface area contributed by atoms with Gasteiger partial charge in [0, 0.05) is 9.80 Å². The minimum absolute atomic E-state index is 0.244. The number of methoxy groups -OCH3 is 1. The number of hydrogen-bond acceptors (Lipinski definition) is 3. The number of esters is 1. The quantitative estimate of drug-likeness (QED) is 0.615. The first kappa shape index (κ1) is 14.3. The van der Waals surface area contributed by atoms with Crippen LogP contribution in [-0.4, -0.2) is 13.1 Å². The summed E-state index contributed by atoms with van der Waals surface area (Å²) in [5, 5.41) is 0. The number of hydrogen-bond donors (Lipinski definition) is 0. The Morgan fingerprint density at radius 1 is 1.35 bits per heavy atom. The fourth-order valence-electron chi connectivity index (χ4n) is 1.26. The lowest BCUT2D eigenvalue weighted by atomic mass is 9.94. The highest BCUT2D eigenvalue weighted by molar-refractivity contribution is 9.11. The topological polar surface area (TPSA) is 26.3 Å². The van der Waals surface area contributed by atoms with Crippen LogP contribution in [0.3, 0.4) is 0 Å². The van der Waals surface area contributed by atoms with Crippen LogP contribution >= 0.6 is 27.7 Å². The number of halogens is 1. The van der Waals surface area contributed by atoms with Crippen LogP contribution < -0.4 is 0 Å². The van der Waals surface area contributed by atoms with Crippen LogP contribution in [0.25, 0.3) is 0 Å². The molecule has 0 bridgehead atoms. The first-order valence-corrected chi connectivity index (χ1v) is 6.87. The van der Waals surface area contributed by atoms with Crippen molar-refractivity contribution in [1.82, 2.24) is 0 Å². The van der Waals surface area contributed by atoms with Gasteiger partial charge in [-0.05, 0) is 31.0 Å². The molecule has 2 nitrogen and oxygen atoms in total. The molecular weight excluding hydrogens is 300 g/mol. The smallest absolute Gasteiger partial charge is 0.316 e. The standard InChI is InChI=1S/C13H15BrO2S/c1-13(2,12(15)16-3)11(9-14)17-10-7-5-4-6-8-10/h4-9H,1-3H3/b11-9-. The van der Waals surface area contributed by atoms with Crippen LogP contribution in [0.5, 0.6) is 0 Å². The van der Waals surface area contributed by atoms with E-state index in [1.54, 1.807) is 16.7 Å². The fraction of sp³-hybridized carbons (Fsp3) is 0.308. The van der Waals surface area contributed by atoms with Gasteiger partial charge < -0.3 is 4.74 Å². The lowest BCUT2D eigenvalue weighted by molar-refractivity contribution is -0.148. The average Bonchev–Trinajstić information content (AvgIpc) is 2.35. The lowest BCUT2D eigenvalue weighted by Gasteiger charge is -2.24. The van der Waals surface area contributed by atoms with Crippen molar-refractivity contribution in [2.24, 2.45) is 5.41 Å². The zero-order valence-corrected chi connectivity index (χ0v) is 12.5. The maximum absolute atomic E-state index is 11.7. The van der Waals surface area contributed by atoms with Crippen molar-refractivity contribution in [2.75, 3.05) is 7.11 Å². The normalized spacial score (nSPS) is 12.4. The summed E-state index contributed by atoms with van der Waals surface area (Å²) < 4.78 is 4.82. The van der Waals surface area contributed by atoms with E-state index in [0.29, 0.717) is 0 Å². The van der Waals surface area contributed by atoms with Crippen molar-refractivity contribution in [3.8, 4) is 0 Å². The maximum atomic E-state index is 11.7. The Hall–Kier alpha value is -0.740. The molecule has 0 fully saturated rings. The molecule has 17 heavy (non-hydrogen) atoms. The Morgan fingerprint density at radius 3 is 2.41 bits per heavy atom. The van der Waals surface area contributed by atoms with Gasteiger partial charge in [0.25, 0.3) is 0 Å². The third-order valence-corrected chi connectivity index (χ3v) is 4.50. The van der Waals surface area contributed by atoms with Crippen LogP contribution in [0.15, 0.2) is 45.1 Å². The summed E-state index contributed by atoms with van der Waals surface area (Å²) in [6.45, 7) is 3.70. The third kappa shape index (κ3) is 3.61. The number of thioether (sulfide) groups is 1. The second kappa shape index (κ2) is 6.26. The number of rotatable bonds is 4. The zero-order valence-electron chi connectivity index (χ0n) is 10.1. The van der Waals surface area contributed by atoms with E-state index in [2.05, 4.69) is 15.9 Å². The monoisotopic (exact) mass is 314 g/mol. The molecule has 0 aliphatic heterocycles. The molecule has 0 aliphatic rings. The van der Waals surface area contributed by atoms with E-state index in [4.69, 9.17) is 4.74 Å². The van der Waals surface area contributed by atoms with Crippen molar-refractivity contribution >= 4 is 33.7 Å². The van der Waals surface area contributed by atoms with Gasteiger partial charge in [0.2, 0.25) is 0 Å². The Morgan fingerprint density at radius 2 is 1.94 bits per heavy atom. The van der Waals surface area contributed by atoms with Gasteiger partial charge in [0.05, 0.1) is 12.5 Å². The largest absolute Gasteiger partial charge is 0.468 e. The predicted molar refractivity (Wildman–Crippen MR) is 75.1 cm³/mol. The molecule has 92 valence electrons. The van der Waals surface area contributed by atoms with Crippen molar-refractivity contribution in [2.45, 2.75) is 18.7 Å². The first-order chi connectivity index (χ1) is 8.02. The molecule has 0 amide bonds. The molecule has 1 rings (SSSR count). The molecule has 0 atom stereocenters. The fourth-order valence-corrected chi connectivity index (χ4v) is 3.04. The maximum Gasteiger partial charge on any atom is 0.316 e.